The Morgan fingerprint density at radius 1 is 0.478 bits per heavy atom. The predicted molar refractivity (Wildman–Crippen MR) is 200 cm³/mol. The summed E-state index contributed by atoms with van der Waals surface area (Å²) < 4.78 is 0. The fourth-order valence-corrected chi connectivity index (χ4v) is 8.23. The molecule has 1 fully saturated rings. The van der Waals surface area contributed by atoms with Gasteiger partial charge in [-0.05, 0) is 116 Å². The highest BCUT2D eigenvalue weighted by Gasteiger charge is 2.46. The van der Waals surface area contributed by atoms with Gasteiger partial charge in [0.2, 0.25) is 0 Å². The Morgan fingerprint density at radius 3 is 1.15 bits per heavy atom. The highest BCUT2D eigenvalue weighted by Crippen LogP contribution is 2.59. The SMILES string of the molecule is CC(C)c1cc(-c2cccc3c2C=C(C2(C4=Cc5c(cccc5-c5cc(C(C)C)cc(C(C)C)c5)C4)CCC2)C3)cc(C(C)C)c1. The number of rotatable bonds is 8. The van der Waals surface area contributed by atoms with Crippen LogP contribution in [0.1, 0.15) is 143 Å². The second-order valence-corrected chi connectivity index (χ2v) is 15.8. The average Bonchev–Trinajstić information content (AvgIpc) is 3.65. The molecule has 0 amide bonds. The van der Waals surface area contributed by atoms with Crippen molar-refractivity contribution in [3.05, 3.63) is 128 Å². The van der Waals surface area contributed by atoms with Gasteiger partial charge in [0.1, 0.15) is 0 Å². The van der Waals surface area contributed by atoms with E-state index in [1.807, 2.05) is 0 Å². The van der Waals surface area contributed by atoms with Crippen LogP contribution >= 0.6 is 0 Å². The molecule has 0 heteroatoms. The third kappa shape index (κ3) is 5.33. The molecule has 7 rings (SSSR count). The highest BCUT2D eigenvalue weighted by molar-refractivity contribution is 5.85. The Bertz CT molecular complexity index is 1680. The largest absolute Gasteiger partial charge is 0.0613 e. The van der Waals surface area contributed by atoms with Crippen LogP contribution in [-0.4, -0.2) is 0 Å². The van der Waals surface area contributed by atoms with Gasteiger partial charge in [-0.25, -0.2) is 0 Å². The predicted octanol–water partition coefficient (Wildman–Crippen LogP) is 13.3. The van der Waals surface area contributed by atoms with Gasteiger partial charge >= 0.3 is 0 Å². The molecule has 0 aliphatic heterocycles. The third-order valence-corrected chi connectivity index (χ3v) is 11.5. The number of fused-ring (bicyclic) bond motifs is 2. The molecule has 0 heterocycles. The number of hydrogen-bond acceptors (Lipinski definition) is 0. The van der Waals surface area contributed by atoms with Crippen molar-refractivity contribution >= 4 is 12.2 Å². The second-order valence-electron chi connectivity index (χ2n) is 15.8. The van der Waals surface area contributed by atoms with Crippen molar-refractivity contribution in [2.75, 3.05) is 0 Å². The van der Waals surface area contributed by atoms with E-state index in [9.17, 15) is 0 Å². The lowest BCUT2D eigenvalue weighted by Crippen LogP contribution is -2.34. The first-order valence-corrected chi connectivity index (χ1v) is 18.0. The van der Waals surface area contributed by atoms with Crippen molar-refractivity contribution in [3.63, 3.8) is 0 Å². The Morgan fingerprint density at radius 2 is 0.848 bits per heavy atom. The van der Waals surface area contributed by atoms with Crippen molar-refractivity contribution in [1.82, 2.24) is 0 Å². The van der Waals surface area contributed by atoms with Gasteiger partial charge in [-0.3, -0.25) is 0 Å². The zero-order valence-corrected chi connectivity index (χ0v) is 29.4. The summed E-state index contributed by atoms with van der Waals surface area (Å²) in [6, 6.07) is 28.7. The van der Waals surface area contributed by atoms with Gasteiger partial charge in [-0.15, -0.1) is 0 Å². The molecule has 0 atom stereocenters. The van der Waals surface area contributed by atoms with Crippen LogP contribution in [-0.2, 0) is 12.8 Å². The normalized spacial score (nSPS) is 16.6. The lowest BCUT2D eigenvalue weighted by molar-refractivity contribution is 0.235. The van der Waals surface area contributed by atoms with Gasteiger partial charge in [0.05, 0.1) is 0 Å². The lowest BCUT2D eigenvalue weighted by atomic mass is 9.59. The maximum absolute atomic E-state index is 2.62. The van der Waals surface area contributed by atoms with E-state index in [0.717, 1.165) is 12.8 Å². The molecule has 0 radical (unpaired) electrons. The molecule has 46 heavy (non-hydrogen) atoms. The summed E-state index contributed by atoms with van der Waals surface area (Å²) in [4.78, 5) is 0. The first-order valence-electron chi connectivity index (χ1n) is 18.0. The van der Waals surface area contributed by atoms with Crippen LogP contribution in [0.2, 0.25) is 0 Å². The van der Waals surface area contributed by atoms with E-state index in [4.69, 9.17) is 0 Å². The molecule has 0 spiro atoms. The standard InChI is InChI=1S/C46H52/c1-28(2)34-18-35(29(3)4)21-38(20-34)42-14-9-12-32-24-40(26-44(32)42)46(16-11-17-46)41-25-33-13-10-15-43(45(33)27-41)39-22-36(30(5)6)19-37(23-39)31(7)8/h9-10,12-15,18-23,26-31H,11,16-17,24-25H2,1-8H3. The molecule has 0 bridgehead atoms. The first kappa shape index (κ1) is 31.0. The average molecular weight is 605 g/mol. The van der Waals surface area contributed by atoms with E-state index in [0.29, 0.717) is 23.7 Å². The molecule has 0 saturated heterocycles. The summed E-state index contributed by atoms with van der Waals surface area (Å²) in [7, 11) is 0. The van der Waals surface area contributed by atoms with Crippen LogP contribution in [0.25, 0.3) is 34.4 Å². The molecule has 4 aromatic carbocycles. The second kappa shape index (κ2) is 11.9. The number of hydrogen-bond donors (Lipinski definition) is 0. The van der Waals surface area contributed by atoms with Crippen molar-refractivity contribution in [1.29, 1.82) is 0 Å². The molecule has 0 unspecified atom stereocenters. The van der Waals surface area contributed by atoms with Crippen LogP contribution < -0.4 is 0 Å². The van der Waals surface area contributed by atoms with Gasteiger partial charge in [0.25, 0.3) is 0 Å². The van der Waals surface area contributed by atoms with Crippen LogP contribution in [0.5, 0.6) is 0 Å². The zero-order chi connectivity index (χ0) is 32.3. The van der Waals surface area contributed by atoms with Crippen LogP contribution in [0, 0.1) is 5.41 Å². The minimum atomic E-state index is 0.193. The summed E-state index contributed by atoms with van der Waals surface area (Å²) >= 11 is 0. The summed E-state index contributed by atoms with van der Waals surface area (Å²) in [5, 5.41) is 0. The Labute approximate surface area is 278 Å². The van der Waals surface area contributed by atoms with E-state index in [1.54, 1.807) is 11.1 Å². The van der Waals surface area contributed by atoms with Gasteiger partial charge in [0, 0.05) is 5.41 Å². The van der Waals surface area contributed by atoms with E-state index in [-0.39, 0.29) is 5.41 Å². The van der Waals surface area contributed by atoms with E-state index in [1.165, 1.54) is 86.0 Å². The minimum Gasteiger partial charge on any atom is -0.0613 e. The zero-order valence-electron chi connectivity index (χ0n) is 29.4. The fourth-order valence-electron chi connectivity index (χ4n) is 8.23. The molecule has 0 nitrogen and oxygen atoms in total. The summed E-state index contributed by atoms with van der Waals surface area (Å²) in [5.41, 5.74) is 20.8. The minimum absolute atomic E-state index is 0.193. The number of benzene rings is 4. The quantitative estimate of drug-likeness (QED) is 0.188. The first-order chi connectivity index (χ1) is 22.0. The summed E-state index contributed by atoms with van der Waals surface area (Å²) in [5.74, 6) is 2.07. The maximum atomic E-state index is 2.62. The Kier molecular flexibility index (Phi) is 7.99. The molecule has 3 aliphatic carbocycles. The molecule has 4 aromatic rings. The van der Waals surface area contributed by atoms with Crippen molar-refractivity contribution in [3.8, 4) is 22.3 Å². The van der Waals surface area contributed by atoms with Gasteiger partial charge < -0.3 is 0 Å². The summed E-state index contributed by atoms with van der Waals surface area (Å²) in [6.07, 6.45) is 11.3. The Balaban J connectivity index is 1.28. The summed E-state index contributed by atoms with van der Waals surface area (Å²) in [6.45, 7) is 18.6. The van der Waals surface area contributed by atoms with Crippen LogP contribution in [0.15, 0.2) is 83.9 Å². The van der Waals surface area contributed by atoms with Crippen LogP contribution in [0.4, 0.5) is 0 Å². The molecular formula is C46H52. The van der Waals surface area contributed by atoms with Crippen molar-refractivity contribution in [2.24, 2.45) is 5.41 Å². The van der Waals surface area contributed by atoms with Gasteiger partial charge in [-0.2, -0.15) is 0 Å². The smallest absolute Gasteiger partial charge is 0.0134 e. The maximum Gasteiger partial charge on any atom is 0.0134 e. The highest BCUT2D eigenvalue weighted by atomic mass is 14.5. The molecule has 1 saturated carbocycles. The Hall–Kier alpha value is -3.64. The monoisotopic (exact) mass is 604 g/mol. The van der Waals surface area contributed by atoms with Gasteiger partial charge in [-0.1, -0.05) is 158 Å². The van der Waals surface area contributed by atoms with Crippen molar-refractivity contribution < 1.29 is 0 Å². The third-order valence-electron chi connectivity index (χ3n) is 11.5. The fraction of sp³-hybridized carbons (Fsp3) is 0.391. The van der Waals surface area contributed by atoms with E-state index in [2.05, 4.69) is 140 Å². The van der Waals surface area contributed by atoms with Crippen LogP contribution in [0.3, 0.4) is 0 Å². The lowest BCUT2D eigenvalue weighted by Gasteiger charge is -2.45. The molecule has 0 aromatic heterocycles. The van der Waals surface area contributed by atoms with E-state index < -0.39 is 0 Å². The van der Waals surface area contributed by atoms with E-state index >= 15 is 0 Å². The molecular weight excluding hydrogens is 553 g/mol. The molecule has 236 valence electrons. The topological polar surface area (TPSA) is 0 Å². The molecule has 0 N–H and O–H groups in total. The van der Waals surface area contributed by atoms with Gasteiger partial charge in [0.15, 0.2) is 0 Å². The van der Waals surface area contributed by atoms with Crippen molar-refractivity contribution in [2.45, 2.75) is 111 Å². The molecule has 3 aliphatic rings. The number of allylic oxidation sites excluding steroid dienone is 2.